The minimum atomic E-state index is -0.485. The smallest absolute Gasteiger partial charge is 0.410 e. The maximum absolute atomic E-state index is 12.5. The van der Waals surface area contributed by atoms with Crippen LogP contribution in [-0.4, -0.2) is 49.0 Å². The molecule has 1 aromatic carbocycles. The summed E-state index contributed by atoms with van der Waals surface area (Å²) in [5.74, 6) is 0.902. The summed E-state index contributed by atoms with van der Waals surface area (Å²) in [7, 11) is 1.69. The van der Waals surface area contributed by atoms with Gasteiger partial charge in [0.05, 0.1) is 25.9 Å². The van der Waals surface area contributed by atoms with Crippen LogP contribution in [0.5, 0.6) is 5.75 Å². The van der Waals surface area contributed by atoms with Crippen LogP contribution in [0.25, 0.3) is 0 Å². The van der Waals surface area contributed by atoms with E-state index in [-0.39, 0.29) is 18.2 Å². The first kappa shape index (κ1) is 16.1. The summed E-state index contributed by atoms with van der Waals surface area (Å²) in [6.07, 6.45) is 1.29. The van der Waals surface area contributed by atoms with Gasteiger partial charge in [0.1, 0.15) is 11.4 Å². The highest BCUT2D eigenvalue weighted by Crippen LogP contribution is 2.34. The number of fused-ring (bicyclic) bond motifs is 2. The lowest BCUT2D eigenvalue weighted by molar-refractivity contribution is -0.0783. The highest BCUT2D eigenvalue weighted by molar-refractivity contribution is 5.69. The van der Waals surface area contributed by atoms with Gasteiger partial charge in [-0.2, -0.15) is 0 Å². The van der Waals surface area contributed by atoms with E-state index in [9.17, 15) is 4.79 Å². The number of carbonyl (C=O) groups is 1. The van der Waals surface area contributed by atoms with Crippen molar-refractivity contribution in [2.24, 2.45) is 0 Å². The fraction of sp³-hybridized carbons (Fsp3) is 0.611. The predicted octanol–water partition coefficient (Wildman–Crippen LogP) is 2.80. The first-order valence-corrected chi connectivity index (χ1v) is 8.15. The molecule has 0 saturated carbocycles. The Morgan fingerprint density at radius 3 is 2.78 bits per heavy atom. The van der Waals surface area contributed by atoms with Gasteiger partial charge in [0.15, 0.2) is 0 Å². The van der Waals surface area contributed by atoms with Crippen LogP contribution in [0.3, 0.4) is 0 Å². The maximum Gasteiger partial charge on any atom is 0.410 e. The molecule has 5 heteroatoms. The normalized spacial score (nSPS) is 23.7. The number of benzene rings is 1. The molecule has 1 aromatic rings. The first-order chi connectivity index (χ1) is 10.9. The van der Waals surface area contributed by atoms with Crippen molar-refractivity contribution in [3.63, 3.8) is 0 Å². The molecule has 1 aliphatic heterocycles. The number of carbonyl (C=O) groups excluding carboxylic acids is 1. The third-order valence-corrected chi connectivity index (χ3v) is 4.41. The van der Waals surface area contributed by atoms with E-state index in [1.807, 2.05) is 37.8 Å². The number of methoxy groups -OCH3 is 1. The molecule has 1 amide bonds. The van der Waals surface area contributed by atoms with Crippen LogP contribution in [0.1, 0.15) is 31.9 Å². The summed E-state index contributed by atoms with van der Waals surface area (Å²) in [5, 5.41) is 0. The lowest BCUT2D eigenvalue weighted by atomic mass is 9.84. The average Bonchev–Trinajstić information content (AvgIpc) is 2.50. The van der Waals surface area contributed by atoms with Crippen LogP contribution < -0.4 is 4.74 Å². The quantitative estimate of drug-likeness (QED) is 0.798. The van der Waals surface area contributed by atoms with Crippen molar-refractivity contribution in [2.45, 2.75) is 51.4 Å². The third-order valence-electron chi connectivity index (χ3n) is 4.41. The molecule has 1 aliphatic carbocycles. The van der Waals surface area contributed by atoms with Gasteiger partial charge in [-0.1, -0.05) is 12.1 Å². The number of morpholine rings is 1. The molecular weight excluding hydrogens is 294 g/mol. The van der Waals surface area contributed by atoms with Gasteiger partial charge in [-0.05, 0) is 38.8 Å². The molecule has 0 radical (unpaired) electrons. The molecule has 3 rings (SSSR count). The van der Waals surface area contributed by atoms with Crippen molar-refractivity contribution in [3.8, 4) is 5.75 Å². The van der Waals surface area contributed by atoms with E-state index in [0.717, 1.165) is 18.6 Å². The number of hydrogen-bond donors (Lipinski definition) is 0. The average molecular weight is 319 g/mol. The Morgan fingerprint density at radius 2 is 2.09 bits per heavy atom. The van der Waals surface area contributed by atoms with Crippen molar-refractivity contribution in [1.29, 1.82) is 0 Å². The lowest BCUT2D eigenvalue weighted by Crippen LogP contribution is -2.57. The van der Waals surface area contributed by atoms with Gasteiger partial charge in [0.25, 0.3) is 0 Å². The van der Waals surface area contributed by atoms with Gasteiger partial charge in [0, 0.05) is 18.5 Å². The van der Waals surface area contributed by atoms with Crippen LogP contribution in [-0.2, 0) is 22.3 Å². The third kappa shape index (κ3) is 3.29. The van der Waals surface area contributed by atoms with E-state index in [1.54, 1.807) is 7.11 Å². The highest BCUT2D eigenvalue weighted by atomic mass is 16.6. The van der Waals surface area contributed by atoms with E-state index in [4.69, 9.17) is 14.2 Å². The fourth-order valence-electron chi connectivity index (χ4n) is 3.42. The molecule has 1 heterocycles. The van der Waals surface area contributed by atoms with Crippen molar-refractivity contribution >= 4 is 6.09 Å². The molecule has 0 unspecified atom stereocenters. The Balaban J connectivity index is 1.84. The van der Waals surface area contributed by atoms with Crippen LogP contribution in [0, 0.1) is 0 Å². The van der Waals surface area contributed by atoms with Crippen molar-refractivity contribution in [2.75, 3.05) is 20.3 Å². The van der Waals surface area contributed by atoms with Crippen LogP contribution >= 0.6 is 0 Å². The number of ether oxygens (including phenoxy) is 3. The second kappa shape index (κ2) is 6.04. The van der Waals surface area contributed by atoms with Gasteiger partial charge in [-0.3, -0.25) is 4.90 Å². The molecule has 0 spiro atoms. The summed E-state index contributed by atoms with van der Waals surface area (Å²) in [4.78, 5) is 14.4. The Bertz CT molecular complexity index is 593. The van der Waals surface area contributed by atoms with E-state index in [2.05, 4.69) is 6.07 Å². The zero-order chi connectivity index (χ0) is 16.6. The first-order valence-electron chi connectivity index (χ1n) is 8.15. The van der Waals surface area contributed by atoms with Crippen molar-refractivity contribution in [1.82, 2.24) is 4.90 Å². The lowest BCUT2D eigenvalue weighted by Gasteiger charge is -2.44. The van der Waals surface area contributed by atoms with E-state index < -0.39 is 5.60 Å². The van der Waals surface area contributed by atoms with Crippen molar-refractivity contribution < 1.29 is 19.0 Å². The zero-order valence-electron chi connectivity index (χ0n) is 14.3. The van der Waals surface area contributed by atoms with Gasteiger partial charge in [-0.25, -0.2) is 4.79 Å². The van der Waals surface area contributed by atoms with Gasteiger partial charge in [0.2, 0.25) is 0 Å². The van der Waals surface area contributed by atoms with Gasteiger partial charge < -0.3 is 14.2 Å². The van der Waals surface area contributed by atoms with E-state index >= 15 is 0 Å². The Kier molecular flexibility index (Phi) is 4.23. The standard InChI is InChI=1S/C18H25NO4/c1-18(2,3)23-17(20)19-8-9-22-16-11-13-12(10-14(16)19)6-5-7-15(13)21-4/h5-7,14,16H,8-11H2,1-4H3/t14-,16-/m1/s1. The summed E-state index contributed by atoms with van der Waals surface area (Å²) in [6, 6.07) is 6.11. The zero-order valence-corrected chi connectivity index (χ0v) is 14.3. The van der Waals surface area contributed by atoms with Crippen LogP contribution in [0.15, 0.2) is 18.2 Å². The number of nitrogens with zero attached hydrogens (tertiary/aromatic N) is 1. The Hall–Kier alpha value is -1.75. The minimum Gasteiger partial charge on any atom is -0.496 e. The topological polar surface area (TPSA) is 48.0 Å². The molecule has 1 fully saturated rings. The molecule has 23 heavy (non-hydrogen) atoms. The predicted molar refractivity (Wildman–Crippen MR) is 86.9 cm³/mol. The van der Waals surface area contributed by atoms with E-state index in [1.165, 1.54) is 11.1 Å². The molecule has 0 N–H and O–H groups in total. The molecule has 2 atom stereocenters. The largest absolute Gasteiger partial charge is 0.496 e. The Labute approximate surface area is 137 Å². The molecule has 2 aliphatic rings. The summed E-state index contributed by atoms with van der Waals surface area (Å²) >= 11 is 0. The molecule has 5 nitrogen and oxygen atoms in total. The minimum absolute atomic E-state index is 0.0000633. The van der Waals surface area contributed by atoms with Crippen LogP contribution in [0.4, 0.5) is 4.79 Å². The highest BCUT2D eigenvalue weighted by Gasteiger charge is 2.41. The molecule has 0 bridgehead atoms. The Morgan fingerprint density at radius 1 is 1.30 bits per heavy atom. The summed E-state index contributed by atoms with van der Waals surface area (Å²) in [6.45, 7) is 6.80. The molecular formula is C18H25NO4. The number of rotatable bonds is 1. The molecule has 1 saturated heterocycles. The van der Waals surface area contributed by atoms with Crippen molar-refractivity contribution in [3.05, 3.63) is 29.3 Å². The fourth-order valence-corrected chi connectivity index (χ4v) is 3.42. The van der Waals surface area contributed by atoms with Crippen LogP contribution in [0.2, 0.25) is 0 Å². The summed E-state index contributed by atoms with van der Waals surface area (Å²) in [5.41, 5.74) is 1.94. The molecule has 126 valence electrons. The van der Waals surface area contributed by atoms with E-state index in [0.29, 0.717) is 13.2 Å². The van der Waals surface area contributed by atoms with Gasteiger partial charge in [-0.15, -0.1) is 0 Å². The van der Waals surface area contributed by atoms with Gasteiger partial charge >= 0.3 is 6.09 Å². The second-order valence-electron chi connectivity index (χ2n) is 7.16. The molecule has 0 aromatic heterocycles. The monoisotopic (exact) mass is 319 g/mol. The maximum atomic E-state index is 12.5. The number of hydrogen-bond acceptors (Lipinski definition) is 4. The number of amides is 1. The second-order valence-corrected chi connectivity index (χ2v) is 7.16. The summed E-state index contributed by atoms with van der Waals surface area (Å²) < 4.78 is 17.0. The SMILES string of the molecule is COc1cccc2c1C[C@H]1OCCN(C(=O)OC(C)(C)C)[C@@H]1C2.